The Morgan fingerprint density at radius 2 is 2.25 bits per heavy atom. The van der Waals surface area contributed by atoms with Crippen LogP contribution in [0.3, 0.4) is 0 Å². The van der Waals surface area contributed by atoms with Gasteiger partial charge in [-0.3, -0.25) is 4.79 Å². The number of hydrogen-bond acceptors (Lipinski definition) is 3. The molecule has 5 heteroatoms. The summed E-state index contributed by atoms with van der Waals surface area (Å²) in [6.45, 7) is 3.80. The van der Waals surface area contributed by atoms with Gasteiger partial charge in [0.05, 0.1) is 11.5 Å². The van der Waals surface area contributed by atoms with Crippen LogP contribution in [0, 0.1) is 5.41 Å². The highest BCUT2D eigenvalue weighted by Crippen LogP contribution is 2.36. The summed E-state index contributed by atoms with van der Waals surface area (Å²) in [5, 5.41) is 6.55. The lowest BCUT2D eigenvalue weighted by molar-refractivity contribution is -0.130. The number of carbonyl (C=O) groups is 1. The minimum atomic E-state index is -0.237. The van der Waals surface area contributed by atoms with Crippen molar-refractivity contribution in [2.45, 2.75) is 30.7 Å². The number of rotatable bonds is 2. The van der Waals surface area contributed by atoms with Gasteiger partial charge in [-0.1, -0.05) is 18.2 Å². The van der Waals surface area contributed by atoms with Crippen molar-refractivity contribution in [2.75, 3.05) is 18.8 Å². The lowest BCUT2D eigenvalue weighted by Crippen LogP contribution is -2.42. The van der Waals surface area contributed by atoms with Crippen LogP contribution in [0.4, 0.5) is 0 Å². The Labute approximate surface area is 130 Å². The van der Waals surface area contributed by atoms with Crippen molar-refractivity contribution in [3.63, 3.8) is 0 Å². The van der Waals surface area contributed by atoms with E-state index in [1.54, 1.807) is 0 Å². The summed E-state index contributed by atoms with van der Waals surface area (Å²) in [5.41, 5.74) is 1.04. The van der Waals surface area contributed by atoms with Crippen LogP contribution < -0.4 is 10.6 Å². The highest BCUT2D eigenvalue weighted by molar-refractivity contribution is 7.99. The molecule has 110 valence electrons. The van der Waals surface area contributed by atoms with Gasteiger partial charge >= 0.3 is 0 Å². The minimum absolute atomic E-state index is 0. The van der Waals surface area contributed by atoms with E-state index in [-0.39, 0.29) is 29.8 Å². The van der Waals surface area contributed by atoms with Crippen molar-refractivity contribution >= 4 is 30.1 Å². The zero-order valence-electron chi connectivity index (χ0n) is 11.6. The molecule has 3 rings (SSSR count). The molecule has 0 saturated carbocycles. The number of fused-ring (bicyclic) bond motifs is 1. The Morgan fingerprint density at radius 1 is 1.45 bits per heavy atom. The fraction of sp³-hybridized carbons (Fsp3) is 0.533. The van der Waals surface area contributed by atoms with Crippen molar-refractivity contribution in [1.82, 2.24) is 10.6 Å². The number of thioether (sulfide) groups is 1. The lowest BCUT2D eigenvalue weighted by atomic mass is 9.88. The minimum Gasteiger partial charge on any atom is -0.349 e. The number of benzene rings is 1. The van der Waals surface area contributed by atoms with Gasteiger partial charge in [0.25, 0.3) is 0 Å². The maximum atomic E-state index is 12.5. The smallest absolute Gasteiger partial charge is 0.227 e. The molecule has 1 aromatic carbocycles. The summed E-state index contributed by atoms with van der Waals surface area (Å²) in [4.78, 5) is 13.8. The molecule has 0 radical (unpaired) electrons. The first-order valence-corrected chi connectivity index (χ1v) is 7.91. The number of amides is 1. The number of halogens is 1. The average molecular weight is 313 g/mol. The molecule has 0 aliphatic carbocycles. The average Bonchev–Trinajstić information content (AvgIpc) is 2.87. The first-order chi connectivity index (χ1) is 9.19. The van der Waals surface area contributed by atoms with Crippen LogP contribution in [-0.2, 0) is 4.79 Å². The van der Waals surface area contributed by atoms with Crippen molar-refractivity contribution in [3.05, 3.63) is 29.8 Å². The van der Waals surface area contributed by atoms with Gasteiger partial charge in [-0.2, -0.15) is 0 Å². The molecule has 1 aromatic rings. The van der Waals surface area contributed by atoms with E-state index >= 15 is 0 Å². The normalized spacial score (nSPS) is 28.4. The van der Waals surface area contributed by atoms with Crippen LogP contribution >= 0.6 is 24.2 Å². The topological polar surface area (TPSA) is 41.1 Å². The molecular weight excluding hydrogens is 292 g/mol. The molecule has 1 fully saturated rings. The Kier molecular flexibility index (Phi) is 4.99. The first kappa shape index (κ1) is 15.7. The van der Waals surface area contributed by atoms with Crippen LogP contribution in [0.15, 0.2) is 29.2 Å². The van der Waals surface area contributed by atoms with Gasteiger partial charge in [0.1, 0.15) is 0 Å². The molecule has 0 bridgehead atoms. The van der Waals surface area contributed by atoms with Crippen LogP contribution in [0.1, 0.15) is 31.4 Å². The van der Waals surface area contributed by atoms with Crippen LogP contribution in [-0.4, -0.2) is 24.7 Å². The third kappa shape index (κ3) is 2.97. The predicted octanol–water partition coefficient (Wildman–Crippen LogP) is 2.76. The molecule has 2 N–H and O–H groups in total. The summed E-state index contributed by atoms with van der Waals surface area (Å²) in [5.74, 6) is 1.28. The van der Waals surface area contributed by atoms with Gasteiger partial charge in [0.15, 0.2) is 0 Å². The number of nitrogens with one attached hydrogen (secondary N) is 2. The van der Waals surface area contributed by atoms with Crippen LogP contribution in [0.25, 0.3) is 0 Å². The van der Waals surface area contributed by atoms with Gasteiger partial charge < -0.3 is 10.6 Å². The Bertz CT molecular complexity index is 489. The monoisotopic (exact) mass is 312 g/mol. The van der Waals surface area contributed by atoms with E-state index in [0.29, 0.717) is 0 Å². The second-order valence-corrected chi connectivity index (χ2v) is 6.83. The molecule has 1 amide bonds. The molecular formula is C15H21ClN2OS. The van der Waals surface area contributed by atoms with Gasteiger partial charge in [-0.25, -0.2) is 0 Å². The van der Waals surface area contributed by atoms with E-state index < -0.39 is 0 Å². The van der Waals surface area contributed by atoms with E-state index in [1.807, 2.05) is 11.8 Å². The zero-order valence-corrected chi connectivity index (χ0v) is 13.3. The van der Waals surface area contributed by atoms with Gasteiger partial charge in [0.2, 0.25) is 5.91 Å². The Hall–Kier alpha value is -0.710. The van der Waals surface area contributed by atoms with Crippen LogP contribution in [0.2, 0.25) is 0 Å². The molecule has 0 spiro atoms. The molecule has 2 heterocycles. The van der Waals surface area contributed by atoms with Gasteiger partial charge in [-0.05, 0) is 37.9 Å². The van der Waals surface area contributed by atoms with E-state index in [1.165, 1.54) is 10.5 Å². The maximum Gasteiger partial charge on any atom is 0.227 e. The quantitative estimate of drug-likeness (QED) is 0.882. The van der Waals surface area contributed by atoms with Crippen molar-refractivity contribution in [3.8, 4) is 0 Å². The highest BCUT2D eigenvalue weighted by Gasteiger charge is 2.37. The molecule has 2 unspecified atom stereocenters. The third-order valence-electron chi connectivity index (χ3n) is 4.18. The molecule has 2 aliphatic heterocycles. The van der Waals surface area contributed by atoms with E-state index in [0.717, 1.165) is 31.7 Å². The second kappa shape index (κ2) is 6.37. The summed E-state index contributed by atoms with van der Waals surface area (Å²) < 4.78 is 0. The fourth-order valence-electron chi connectivity index (χ4n) is 2.84. The summed E-state index contributed by atoms with van der Waals surface area (Å²) in [7, 11) is 0. The zero-order chi connectivity index (χ0) is 13.3. The molecule has 1 saturated heterocycles. The fourth-order valence-corrected chi connectivity index (χ4v) is 3.96. The molecule has 2 atom stereocenters. The second-order valence-electron chi connectivity index (χ2n) is 5.69. The Morgan fingerprint density at radius 3 is 3.00 bits per heavy atom. The predicted molar refractivity (Wildman–Crippen MR) is 85.5 cm³/mol. The summed E-state index contributed by atoms with van der Waals surface area (Å²) in [6.07, 6.45) is 1.96. The van der Waals surface area contributed by atoms with Crippen molar-refractivity contribution in [2.24, 2.45) is 5.41 Å². The SMILES string of the molecule is CC1(C(=O)NC2CCSc3ccccc32)CCNC1.Cl. The lowest BCUT2D eigenvalue weighted by Gasteiger charge is -2.30. The Balaban J connectivity index is 0.00000147. The first-order valence-electron chi connectivity index (χ1n) is 6.92. The van der Waals surface area contributed by atoms with E-state index in [9.17, 15) is 4.79 Å². The van der Waals surface area contributed by atoms with Gasteiger partial charge in [-0.15, -0.1) is 24.2 Å². The number of carbonyl (C=O) groups excluding carboxylic acids is 1. The van der Waals surface area contributed by atoms with Crippen molar-refractivity contribution in [1.29, 1.82) is 0 Å². The molecule has 0 aromatic heterocycles. The van der Waals surface area contributed by atoms with E-state index in [4.69, 9.17) is 0 Å². The maximum absolute atomic E-state index is 12.5. The van der Waals surface area contributed by atoms with Gasteiger partial charge in [0, 0.05) is 17.2 Å². The van der Waals surface area contributed by atoms with E-state index in [2.05, 4.69) is 41.8 Å². The standard InChI is InChI=1S/C15H20N2OS.ClH/c1-15(7-8-16-10-15)14(18)17-12-6-9-19-13-5-3-2-4-11(12)13;/h2-5,12,16H,6-10H2,1H3,(H,17,18);1H. The highest BCUT2D eigenvalue weighted by atomic mass is 35.5. The summed E-state index contributed by atoms with van der Waals surface area (Å²) >= 11 is 1.89. The number of hydrogen-bond donors (Lipinski definition) is 2. The van der Waals surface area contributed by atoms with Crippen molar-refractivity contribution < 1.29 is 4.79 Å². The third-order valence-corrected chi connectivity index (χ3v) is 5.30. The van der Waals surface area contributed by atoms with Crippen LogP contribution in [0.5, 0.6) is 0 Å². The molecule has 20 heavy (non-hydrogen) atoms. The largest absolute Gasteiger partial charge is 0.349 e. The summed E-state index contributed by atoms with van der Waals surface area (Å²) in [6, 6.07) is 8.60. The molecule has 3 nitrogen and oxygen atoms in total. The molecule has 2 aliphatic rings.